The molecule has 1 unspecified atom stereocenters. The summed E-state index contributed by atoms with van der Waals surface area (Å²) in [5.41, 5.74) is 0. The van der Waals surface area contributed by atoms with Gasteiger partial charge in [0.15, 0.2) is 6.10 Å². The second-order valence-corrected chi connectivity index (χ2v) is 15.0. The first-order valence-corrected chi connectivity index (χ1v) is 22.8. The van der Waals surface area contributed by atoms with E-state index in [2.05, 4.69) is 45.1 Å². The Hall–Kier alpha value is -2.89. The standard InChI is InChI=1S/C49H84O6/c1-4-7-10-13-16-19-22-24-27-30-33-36-39-42-48(51)54-45-46(44-53-47(50)41-38-35-32-29-26-21-18-15-12-9-6-3)55-49(52)43-40-37-34-31-28-25-23-20-17-14-11-8-5-2/h7,10,13,15-16,18-19,22,24,27,46H,4-6,8-9,11-12,14,17,20-21,23,25-26,28-45H2,1-3H3/b10-7-,16-13-,18-15-,22-19-,27-24-. The van der Waals surface area contributed by atoms with E-state index in [1.165, 1.54) is 96.3 Å². The first-order chi connectivity index (χ1) is 27.0. The summed E-state index contributed by atoms with van der Waals surface area (Å²) in [6.07, 6.45) is 52.0. The van der Waals surface area contributed by atoms with Crippen molar-refractivity contribution in [3.63, 3.8) is 0 Å². The topological polar surface area (TPSA) is 78.9 Å². The molecule has 0 bridgehead atoms. The maximum Gasteiger partial charge on any atom is 0.306 e. The Morgan fingerprint density at radius 2 is 0.745 bits per heavy atom. The number of unbranched alkanes of at least 4 members (excludes halogenated alkanes) is 22. The summed E-state index contributed by atoms with van der Waals surface area (Å²) in [6, 6.07) is 0. The molecule has 316 valence electrons. The lowest BCUT2D eigenvalue weighted by atomic mass is 10.0. The molecular weight excluding hydrogens is 685 g/mol. The molecule has 55 heavy (non-hydrogen) atoms. The highest BCUT2D eigenvalue weighted by Gasteiger charge is 2.19. The zero-order valence-corrected chi connectivity index (χ0v) is 35.9. The van der Waals surface area contributed by atoms with Crippen LogP contribution in [0.15, 0.2) is 60.8 Å². The lowest BCUT2D eigenvalue weighted by Gasteiger charge is -2.18. The Morgan fingerprint density at radius 3 is 1.24 bits per heavy atom. The van der Waals surface area contributed by atoms with Gasteiger partial charge < -0.3 is 14.2 Å². The van der Waals surface area contributed by atoms with Crippen LogP contribution in [-0.2, 0) is 28.6 Å². The fourth-order valence-corrected chi connectivity index (χ4v) is 6.14. The van der Waals surface area contributed by atoms with Gasteiger partial charge in [-0.05, 0) is 57.8 Å². The highest BCUT2D eigenvalue weighted by atomic mass is 16.6. The minimum Gasteiger partial charge on any atom is -0.462 e. The molecule has 0 aromatic carbocycles. The Labute approximate surface area is 339 Å². The molecular formula is C49H84O6. The normalized spacial score (nSPS) is 12.6. The monoisotopic (exact) mass is 769 g/mol. The maximum absolute atomic E-state index is 12.7. The Kier molecular flexibility index (Phi) is 41.5. The van der Waals surface area contributed by atoms with Crippen LogP contribution in [0.1, 0.15) is 213 Å². The molecule has 0 aromatic rings. The predicted octanol–water partition coefficient (Wildman–Crippen LogP) is 14.5. The molecule has 0 aliphatic rings. The van der Waals surface area contributed by atoms with E-state index in [0.29, 0.717) is 19.3 Å². The molecule has 6 heteroatoms. The van der Waals surface area contributed by atoms with Gasteiger partial charge in [-0.15, -0.1) is 0 Å². The minimum absolute atomic E-state index is 0.0904. The molecule has 0 spiro atoms. The Morgan fingerprint density at radius 1 is 0.382 bits per heavy atom. The lowest BCUT2D eigenvalue weighted by molar-refractivity contribution is -0.167. The molecule has 0 aliphatic carbocycles. The molecule has 0 radical (unpaired) electrons. The lowest BCUT2D eigenvalue weighted by Crippen LogP contribution is -2.30. The third-order valence-corrected chi connectivity index (χ3v) is 9.60. The molecule has 0 saturated carbocycles. The van der Waals surface area contributed by atoms with Gasteiger partial charge in [0.2, 0.25) is 0 Å². The highest BCUT2D eigenvalue weighted by Crippen LogP contribution is 2.14. The summed E-state index contributed by atoms with van der Waals surface area (Å²) >= 11 is 0. The minimum atomic E-state index is -0.788. The fraction of sp³-hybridized carbons (Fsp3) is 0.735. The third-order valence-electron chi connectivity index (χ3n) is 9.60. The number of hydrogen-bond donors (Lipinski definition) is 0. The van der Waals surface area contributed by atoms with E-state index in [1.54, 1.807) is 0 Å². The van der Waals surface area contributed by atoms with Crippen LogP contribution in [0.5, 0.6) is 0 Å². The van der Waals surface area contributed by atoms with Crippen molar-refractivity contribution in [3.8, 4) is 0 Å². The zero-order chi connectivity index (χ0) is 40.1. The van der Waals surface area contributed by atoms with Crippen LogP contribution in [0.4, 0.5) is 0 Å². The van der Waals surface area contributed by atoms with Crippen molar-refractivity contribution in [3.05, 3.63) is 60.8 Å². The third kappa shape index (κ3) is 42.1. The van der Waals surface area contributed by atoms with Gasteiger partial charge in [0, 0.05) is 19.3 Å². The molecule has 6 nitrogen and oxygen atoms in total. The summed E-state index contributed by atoms with van der Waals surface area (Å²) < 4.78 is 16.7. The molecule has 0 fully saturated rings. The number of carbonyl (C=O) groups is 3. The van der Waals surface area contributed by atoms with Crippen LogP contribution in [-0.4, -0.2) is 37.2 Å². The Balaban J connectivity index is 4.45. The number of ether oxygens (including phenoxy) is 3. The largest absolute Gasteiger partial charge is 0.462 e. The summed E-state index contributed by atoms with van der Waals surface area (Å²) in [6.45, 7) is 6.40. The maximum atomic E-state index is 12.7. The van der Waals surface area contributed by atoms with Gasteiger partial charge in [0.05, 0.1) is 0 Å². The number of allylic oxidation sites excluding steroid dienone is 10. The van der Waals surface area contributed by atoms with E-state index in [9.17, 15) is 14.4 Å². The SMILES string of the molecule is CC\C=C/C=C\C=C/C=C\CCCCCC(=O)OCC(COC(=O)CCCCCCC/C=C\CCCC)OC(=O)CCCCCCCCCCCCCCC. The zero-order valence-electron chi connectivity index (χ0n) is 35.9. The predicted molar refractivity (Wildman–Crippen MR) is 233 cm³/mol. The summed E-state index contributed by atoms with van der Waals surface area (Å²) in [5.74, 6) is -0.941. The van der Waals surface area contributed by atoms with E-state index < -0.39 is 6.10 Å². The van der Waals surface area contributed by atoms with Gasteiger partial charge in [-0.25, -0.2) is 0 Å². The number of hydrogen-bond acceptors (Lipinski definition) is 6. The summed E-state index contributed by atoms with van der Waals surface area (Å²) in [5, 5.41) is 0. The van der Waals surface area contributed by atoms with Crippen molar-refractivity contribution in [1.82, 2.24) is 0 Å². The van der Waals surface area contributed by atoms with Crippen LogP contribution in [0.25, 0.3) is 0 Å². The first kappa shape index (κ1) is 52.1. The number of rotatable bonds is 40. The van der Waals surface area contributed by atoms with Crippen LogP contribution >= 0.6 is 0 Å². The van der Waals surface area contributed by atoms with Crippen LogP contribution in [0.2, 0.25) is 0 Å². The van der Waals surface area contributed by atoms with Crippen molar-refractivity contribution in [2.45, 2.75) is 219 Å². The average molecular weight is 769 g/mol. The molecule has 0 amide bonds. The van der Waals surface area contributed by atoms with Gasteiger partial charge in [0.25, 0.3) is 0 Å². The van der Waals surface area contributed by atoms with E-state index in [0.717, 1.165) is 77.0 Å². The van der Waals surface area contributed by atoms with Crippen molar-refractivity contribution in [1.29, 1.82) is 0 Å². The molecule has 0 saturated heterocycles. The molecule has 0 aliphatic heterocycles. The van der Waals surface area contributed by atoms with E-state index in [-0.39, 0.29) is 31.1 Å². The number of esters is 3. The summed E-state index contributed by atoms with van der Waals surface area (Å²) in [7, 11) is 0. The quantitative estimate of drug-likeness (QED) is 0.0203. The van der Waals surface area contributed by atoms with Gasteiger partial charge in [-0.3, -0.25) is 14.4 Å². The van der Waals surface area contributed by atoms with Gasteiger partial charge >= 0.3 is 17.9 Å². The highest BCUT2D eigenvalue weighted by molar-refractivity contribution is 5.71. The second-order valence-electron chi connectivity index (χ2n) is 15.0. The molecule has 1 atom stereocenters. The average Bonchev–Trinajstić information content (AvgIpc) is 3.18. The van der Waals surface area contributed by atoms with Gasteiger partial charge in [0.1, 0.15) is 13.2 Å². The summed E-state index contributed by atoms with van der Waals surface area (Å²) in [4.78, 5) is 37.7. The smallest absolute Gasteiger partial charge is 0.306 e. The van der Waals surface area contributed by atoms with Crippen LogP contribution in [0.3, 0.4) is 0 Å². The van der Waals surface area contributed by atoms with E-state index >= 15 is 0 Å². The second kappa shape index (κ2) is 43.8. The van der Waals surface area contributed by atoms with Crippen molar-refractivity contribution in [2.75, 3.05) is 13.2 Å². The molecule has 0 rings (SSSR count). The van der Waals surface area contributed by atoms with Gasteiger partial charge in [-0.2, -0.15) is 0 Å². The molecule has 0 aromatic heterocycles. The van der Waals surface area contributed by atoms with Crippen molar-refractivity contribution < 1.29 is 28.6 Å². The molecule has 0 heterocycles. The van der Waals surface area contributed by atoms with Crippen molar-refractivity contribution in [2.24, 2.45) is 0 Å². The first-order valence-electron chi connectivity index (χ1n) is 22.8. The Bertz CT molecular complexity index is 1020. The van der Waals surface area contributed by atoms with Gasteiger partial charge in [-0.1, -0.05) is 197 Å². The number of carbonyl (C=O) groups excluding carboxylic acids is 3. The van der Waals surface area contributed by atoms with Crippen LogP contribution < -0.4 is 0 Å². The van der Waals surface area contributed by atoms with Crippen molar-refractivity contribution >= 4 is 17.9 Å². The van der Waals surface area contributed by atoms with E-state index in [4.69, 9.17) is 14.2 Å². The fourth-order valence-electron chi connectivity index (χ4n) is 6.14. The van der Waals surface area contributed by atoms with Crippen LogP contribution in [0, 0.1) is 0 Å². The van der Waals surface area contributed by atoms with E-state index in [1.807, 2.05) is 36.5 Å². The molecule has 0 N–H and O–H groups in total.